The second kappa shape index (κ2) is 5.44. The predicted molar refractivity (Wildman–Crippen MR) is 85.1 cm³/mol. The summed E-state index contributed by atoms with van der Waals surface area (Å²) in [5.74, 6) is -0.601. The lowest BCUT2D eigenvalue weighted by atomic mass is 10.2. The molecule has 1 aliphatic rings. The van der Waals surface area contributed by atoms with Gasteiger partial charge in [-0.25, -0.2) is 4.98 Å². The van der Waals surface area contributed by atoms with Gasteiger partial charge in [0.25, 0.3) is 0 Å². The number of hydrogen-bond donors (Lipinski definition) is 0. The van der Waals surface area contributed by atoms with Gasteiger partial charge >= 0.3 is 6.18 Å². The first-order chi connectivity index (χ1) is 11.5. The van der Waals surface area contributed by atoms with Crippen LogP contribution in [0, 0.1) is 0 Å². The third-order valence-corrected chi connectivity index (χ3v) is 5.21. The molecule has 5 nitrogen and oxygen atoms in total. The third kappa shape index (κ3) is 2.52. The summed E-state index contributed by atoms with van der Waals surface area (Å²) in [7, 11) is 0. The highest BCUT2D eigenvalue weighted by molar-refractivity contribution is 7.22. The Morgan fingerprint density at radius 3 is 2.79 bits per heavy atom. The zero-order chi connectivity index (χ0) is 16.9. The Bertz CT molecular complexity index is 898. The second-order valence-corrected chi connectivity index (χ2v) is 6.67. The molecule has 0 atom stereocenters. The summed E-state index contributed by atoms with van der Waals surface area (Å²) in [6, 6.07) is 6.15. The number of benzene rings is 1. The number of nitrogens with zero attached hydrogens (tertiary/aromatic N) is 5. The molecule has 126 valence electrons. The van der Waals surface area contributed by atoms with Gasteiger partial charge < -0.3 is 9.47 Å². The van der Waals surface area contributed by atoms with Crippen LogP contribution < -0.4 is 4.90 Å². The number of aryl methyl sites for hydroxylation is 1. The van der Waals surface area contributed by atoms with Crippen molar-refractivity contribution in [2.75, 3.05) is 11.4 Å². The normalized spacial score (nSPS) is 15.1. The maximum absolute atomic E-state index is 12.9. The number of thiazole rings is 1. The largest absolute Gasteiger partial charge is 0.451 e. The molecule has 0 fully saturated rings. The number of aromatic nitrogens is 4. The molecule has 24 heavy (non-hydrogen) atoms. The summed E-state index contributed by atoms with van der Waals surface area (Å²) in [5, 5.41) is 7.82. The predicted octanol–water partition coefficient (Wildman–Crippen LogP) is 3.49. The van der Waals surface area contributed by atoms with Gasteiger partial charge in [-0.3, -0.25) is 0 Å². The van der Waals surface area contributed by atoms with Gasteiger partial charge in [0.1, 0.15) is 0 Å². The quantitative estimate of drug-likeness (QED) is 0.708. The molecule has 3 heterocycles. The van der Waals surface area contributed by atoms with E-state index in [0.29, 0.717) is 12.4 Å². The van der Waals surface area contributed by atoms with Gasteiger partial charge in [0.2, 0.25) is 5.82 Å². The SMILES string of the molecule is CCc1ccc2nc(N3CCn4c(nnc4C(F)(F)F)C3)sc2c1. The van der Waals surface area contributed by atoms with Crippen molar-refractivity contribution in [3.8, 4) is 0 Å². The van der Waals surface area contributed by atoms with E-state index in [0.717, 1.165) is 26.3 Å². The van der Waals surface area contributed by atoms with Gasteiger partial charge in [-0.15, -0.1) is 10.2 Å². The Balaban J connectivity index is 1.64. The summed E-state index contributed by atoms with van der Waals surface area (Å²) >= 11 is 1.56. The van der Waals surface area contributed by atoms with Crippen LogP contribution in [0.1, 0.15) is 24.1 Å². The van der Waals surface area contributed by atoms with Crippen molar-refractivity contribution in [1.29, 1.82) is 0 Å². The van der Waals surface area contributed by atoms with Crippen molar-refractivity contribution >= 4 is 26.7 Å². The fourth-order valence-electron chi connectivity index (χ4n) is 2.84. The van der Waals surface area contributed by atoms with Crippen LogP contribution in [0.5, 0.6) is 0 Å². The van der Waals surface area contributed by atoms with E-state index in [1.165, 1.54) is 5.56 Å². The monoisotopic (exact) mass is 353 g/mol. The highest BCUT2D eigenvalue weighted by Gasteiger charge is 2.39. The van der Waals surface area contributed by atoms with E-state index >= 15 is 0 Å². The average Bonchev–Trinajstić information content (AvgIpc) is 3.16. The molecule has 3 aromatic rings. The minimum absolute atomic E-state index is 0.202. The number of hydrogen-bond acceptors (Lipinski definition) is 5. The minimum Gasteiger partial charge on any atom is -0.339 e. The van der Waals surface area contributed by atoms with Gasteiger partial charge in [0.15, 0.2) is 11.0 Å². The number of alkyl halides is 3. The van der Waals surface area contributed by atoms with Crippen molar-refractivity contribution in [2.45, 2.75) is 32.6 Å². The molecule has 0 unspecified atom stereocenters. The van der Waals surface area contributed by atoms with Gasteiger partial charge in [0.05, 0.1) is 16.8 Å². The van der Waals surface area contributed by atoms with Crippen LogP contribution in [0.25, 0.3) is 10.2 Å². The van der Waals surface area contributed by atoms with E-state index in [2.05, 4.69) is 28.2 Å². The van der Waals surface area contributed by atoms with Crippen LogP contribution in [-0.4, -0.2) is 26.3 Å². The molecule has 0 bridgehead atoms. The van der Waals surface area contributed by atoms with Gasteiger partial charge in [0, 0.05) is 13.1 Å². The van der Waals surface area contributed by atoms with E-state index in [-0.39, 0.29) is 13.1 Å². The van der Waals surface area contributed by atoms with E-state index < -0.39 is 12.0 Å². The molecule has 9 heteroatoms. The molecule has 0 spiro atoms. The molecule has 2 aromatic heterocycles. The first-order valence-corrected chi connectivity index (χ1v) is 8.41. The van der Waals surface area contributed by atoms with Crippen LogP contribution in [0.15, 0.2) is 18.2 Å². The van der Waals surface area contributed by atoms with Crippen LogP contribution in [0.3, 0.4) is 0 Å². The van der Waals surface area contributed by atoms with E-state index in [1.807, 2.05) is 17.0 Å². The molecule has 0 saturated carbocycles. The Labute approximate surface area is 139 Å². The number of fused-ring (bicyclic) bond motifs is 2. The summed E-state index contributed by atoms with van der Waals surface area (Å²) in [5.41, 5.74) is 2.15. The van der Waals surface area contributed by atoms with Gasteiger partial charge in [-0.2, -0.15) is 13.2 Å². The Kier molecular flexibility index (Phi) is 3.48. The van der Waals surface area contributed by atoms with Crippen molar-refractivity contribution in [2.24, 2.45) is 0 Å². The van der Waals surface area contributed by atoms with E-state index in [4.69, 9.17) is 0 Å². The van der Waals surface area contributed by atoms with Gasteiger partial charge in [-0.05, 0) is 24.1 Å². The average molecular weight is 353 g/mol. The fourth-order valence-corrected chi connectivity index (χ4v) is 3.90. The Morgan fingerprint density at radius 1 is 1.21 bits per heavy atom. The van der Waals surface area contributed by atoms with Crippen molar-refractivity contribution in [1.82, 2.24) is 19.7 Å². The van der Waals surface area contributed by atoms with E-state index in [9.17, 15) is 13.2 Å². The summed E-state index contributed by atoms with van der Waals surface area (Å²) in [4.78, 5) is 6.56. The lowest BCUT2D eigenvalue weighted by Gasteiger charge is -2.27. The lowest BCUT2D eigenvalue weighted by Crippen LogP contribution is -2.35. The standard InChI is InChI=1S/C15H14F3N5S/c1-2-9-3-4-10-11(7-9)24-14(19-10)22-5-6-23-12(8-22)20-21-13(23)15(16,17)18/h3-4,7H,2,5-6,8H2,1H3. The fraction of sp³-hybridized carbons (Fsp3) is 0.400. The Morgan fingerprint density at radius 2 is 2.04 bits per heavy atom. The molecule has 0 radical (unpaired) electrons. The molecular formula is C15H14F3N5S. The van der Waals surface area contributed by atoms with Crippen LogP contribution in [0.4, 0.5) is 18.3 Å². The molecule has 4 rings (SSSR count). The summed E-state index contributed by atoms with van der Waals surface area (Å²) in [6.45, 7) is 3.03. The molecule has 0 N–H and O–H groups in total. The second-order valence-electron chi connectivity index (χ2n) is 5.66. The summed E-state index contributed by atoms with van der Waals surface area (Å²) in [6.07, 6.45) is -3.52. The number of rotatable bonds is 2. The minimum atomic E-state index is -4.47. The Hall–Kier alpha value is -2.16. The van der Waals surface area contributed by atoms with Crippen LogP contribution in [0.2, 0.25) is 0 Å². The molecular weight excluding hydrogens is 339 g/mol. The zero-order valence-corrected chi connectivity index (χ0v) is 13.7. The first-order valence-electron chi connectivity index (χ1n) is 7.59. The third-order valence-electron chi connectivity index (χ3n) is 4.13. The maximum Gasteiger partial charge on any atom is 0.451 e. The van der Waals surface area contributed by atoms with Crippen molar-refractivity contribution < 1.29 is 13.2 Å². The topological polar surface area (TPSA) is 46.8 Å². The molecule has 1 aliphatic heterocycles. The lowest BCUT2D eigenvalue weighted by molar-refractivity contribution is -0.147. The van der Waals surface area contributed by atoms with Crippen molar-refractivity contribution in [3.63, 3.8) is 0 Å². The number of halogens is 3. The first kappa shape index (κ1) is 15.4. The number of anilines is 1. The van der Waals surface area contributed by atoms with E-state index in [1.54, 1.807) is 11.3 Å². The molecule has 0 aliphatic carbocycles. The maximum atomic E-state index is 12.9. The van der Waals surface area contributed by atoms with Gasteiger partial charge in [-0.1, -0.05) is 24.3 Å². The molecule has 0 saturated heterocycles. The molecule has 0 amide bonds. The zero-order valence-electron chi connectivity index (χ0n) is 12.8. The van der Waals surface area contributed by atoms with Crippen molar-refractivity contribution in [3.05, 3.63) is 35.4 Å². The highest BCUT2D eigenvalue weighted by atomic mass is 32.1. The highest BCUT2D eigenvalue weighted by Crippen LogP contribution is 2.33. The smallest absolute Gasteiger partial charge is 0.339 e. The van der Waals surface area contributed by atoms with Crippen LogP contribution >= 0.6 is 11.3 Å². The van der Waals surface area contributed by atoms with Crippen LogP contribution in [-0.2, 0) is 25.7 Å². The molecule has 1 aromatic carbocycles. The summed E-state index contributed by atoms with van der Waals surface area (Å²) < 4.78 is 40.9.